The van der Waals surface area contributed by atoms with Gasteiger partial charge in [-0.05, 0) is 68.3 Å². The quantitative estimate of drug-likeness (QED) is 0.447. The summed E-state index contributed by atoms with van der Waals surface area (Å²) in [6.07, 6.45) is 0. The van der Waals surface area contributed by atoms with E-state index in [9.17, 15) is 4.79 Å². The van der Waals surface area contributed by atoms with Gasteiger partial charge >= 0.3 is 0 Å². The molecule has 8 heteroatoms. The van der Waals surface area contributed by atoms with E-state index in [1.807, 2.05) is 48.0 Å². The van der Waals surface area contributed by atoms with Gasteiger partial charge in [-0.25, -0.2) is 4.68 Å². The zero-order valence-corrected chi connectivity index (χ0v) is 20.7. The first-order chi connectivity index (χ1) is 16.2. The van der Waals surface area contributed by atoms with Gasteiger partial charge in [0.25, 0.3) is 5.56 Å². The number of para-hydroxylation sites is 1. The minimum Gasteiger partial charge on any atom is -0.496 e. The molecule has 0 bridgehead atoms. The first-order valence-corrected chi connectivity index (χ1v) is 11.4. The number of rotatable bonds is 7. The molecule has 2 aromatic heterocycles. The lowest BCUT2D eigenvalue weighted by Gasteiger charge is -2.25. The lowest BCUT2D eigenvalue weighted by atomic mass is 10.0. The van der Waals surface area contributed by atoms with Crippen molar-refractivity contribution in [2.75, 3.05) is 7.11 Å². The van der Waals surface area contributed by atoms with Gasteiger partial charge in [-0.15, -0.1) is 5.10 Å². The molecule has 0 aliphatic rings. The molecular formula is C26H32N6O2. The fourth-order valence-corrected chi connectivity index (χ4v) is 4.24. The number of methoxy groups -OCH3 is 1. The van der Waals surface area contributed by atoms with Gasteiger partial charge in [0.15, 0.2) is 5.82 Å². The minimum absolute atomic E-state index is 0.0818. The predicted molar refractivity (Wildman–Crippen MR) is 133 cm³/mol. The maximum atomic E-state index is 13.1. The highest BCUT2D eigenvalue weighted by atomic mass is 16.5. The second-order valence-electron chi connectivity index (χ2n) is 9.75. The summed E-state index contributed by atoms with van der Waals surface area (Å²) in [5.41, 5.74) is 4.47. The summed E-state index contributed by atoms with van der Waals surface area (Å²) < 4.78 is 7.41. The number of H-pyrrole nitrogens is 1. The Morgan fingerprint density at radius 2 is 1.71 bits per heavy atom. The zero-order valence-electron chi connectivity index (χ0n) is 20.7. The molecule has 0 atom stereocenters. The zero-order chi connectivity index (χ0) is 24.5. The summed E-state index contributed by atoms with van der Waals surface area (Å²) in [5.74, 6) is 1.55. The fraction of sp³-hybridized carbons (Fsp3) is 0.385. The summed E-state index contributed by atoms with van der Waals surface area (Å²) in [4.78, 5) is 18.4. The minimum atomic E-state index is -0.260. The molecule has 0 aliphatic heterocycles. The van der Waals surface area contributed by atoms with E-state index in [4.69, 9.17) is 4.74 Å². The van der Waals surface area contributed by atoms with Crippen LogP contribution in [0.4, 0.5) is 0 Å². The van der Waals surface area contributed by atoms with Crippen LogP contribution in [0.1, 0.15) is 48.8 Å². The smallest absolute Gasteiger partial charge is 0.252 e. The van der Waals surface area contributed by atoms with Crippen LogP contribution in [0, 0.1) is 13.8 Å². The summed E-state index contributed by atoms with van der Waals surface area (Å²) in [5, 5.41) is 13.5. The molecule has 2 aromatic carbocycles. The molecule has 0 fully saturated rings. The van der Waals surface area contributed by atoms with Crippen molar-refractivity contribution in [1.82, 2.24) is 30.1 Å². The number of ether oxygens (including phenoxy) is 1. The third kappa shape index (κ3) is 4.87. The summed E-state index contributed by atoms with van der Waals surface area (Å²) in [7, 11) is 1.67. The van der Waals surface area contributed by atoms with Gasteiger partial charge in [-0.1, -0.05) is 30.3 Å². The number of pyridine rings is 1. The molecule has 1 N–H and O–H groups in total. The molecule has 0 spiro atoms. The molecule has 0 saturated heterocycles. The third-order valence-corrected chi connectivity index (χ3v) is 6.04. The van der Waals surface area contributed by atoms with Crippen LogP contribution >= 0.6 is 0 Å². The van der Waals surface area contributed by atoms with E-state index in [0.29, 0.717) is 25.2 Å². The van der Waals surface area contributed by atoms with Crippen molar-refractivity contribution < 1.29 is 4.74 Å². The maximum absolute atomic E-state index is 13.1. The number of aromatic nitrogens is 5. The third-order valence-electron chi connectivity index (χ3n) is 6.04. The second kappa shape index (κ2) is 9.38. The van der Waals surface area contributed by atoms with Crippen LogP contribution in [0.5, 0.6) is 5.75 Å². The number of benzene rings is 2. The lowest BCUT2D eigenvalue weighted by Crippen LogP contribution is -2.31. The standard InChI is InChI=1S/C26H32N6O2/c1-17-11-12-18(2)24-21(17)13-20(25(33)27-24)15-31(14-19-9-7-8-10-22(19)34-6)16-23-28-29-30-32(23)26(3,4)5/h7-13H,14-16H2,1-6H3,(H,27,33). The van der Waals surface area contributed by atoms with Crippen molar-refractivity contribution in [1.29, 1.82) is 0 Å². The first-order valence-electron chi connectivity index (χ1n) is 11.4. The SMILES string of the molecule is COc1ccccc1CN(Cc1cc2c(C)ccc(C)c2[nH]c1=O)Cc1nnnn1C(C)(C)C. The molecule has 0 unspecified atom stereocenters. The maximum Gasteiger partial charge on any atom is 0.252 e. The molecule has 178 valence electrons. The molecular weight excluding hydrogens is 428 g/mol. The number of nitrogens with one attached hydrogen (secondary N) is 1. The van der Waals surface area contributed by atoms with Gasteiger partial charge in [0.2, 0.25) is 0 Å². The Morgan fingerprint density at radius 3 is 2.44 bits per heavy atom. The summed E-state index contributed by atoms with van der Waals surface area (Å²) >= 11 is 0. The van der Waals surface area contributed by atoms with Crippen molar-refractivity contribution in [3.8, 4) is 5.75 Å². The van der Waals surface area contributed by atoms with Crippen LogP contribution in [-0.2, 0) is 25.2 Å². The van der Waals surface area contributed by atoms with Gasteiger partial charge in [0, 0.05) is 29.6 Å². The molecule has 0 saturated carbocycles. The molecule has 0 amide bonds. The van der Waals surface area contributed by atoms with E-state index in [1.54, 1.807) is 7.11 Å². The van der Waals surface area contributed by atoms with E-state index >= 15 is 0 Å². The molecule has 4 rings (SSSR count). The van der Waals surface area contributed by atoms with E-state index in [1.165, 1.54) is 0 Å². The van der Waals surface area contributed by atoms with Crippen LogP contribution in [-0.4, -0.2) is 37.2 Å². The largest absolute Gasteiger partial charge is 0.496 e. The van der Waals surface area contributed by atoms with Crippen LogP contribution in [0.25, 0.3) is 10.9 Å². The van der Waals surface area contributed by atoms with E-state index < -0.39 is 0 Å². The number of fused-ring (bicyclic) bond motifs is 1. The normalized spacial score (nSPS) is 12.0. The van der Waals surface area contributed by atoms with Crippen molar-refractivity contribution in [3.63, 3.8) is 0 Å². The van der Waals surface area contributed by atoms with E-state index in [-0.39, 0.29) is 11.1 Å². The molecule has 0 radical (unpaired) electrons. The number of aromatic amines is 1. The average molecular weight is 461 g/mol. The highest BCUT2D eigenvalue weighted by Crippen LogP contribution is 2.24. The van der Waals surface area contributed by atoms with Gasteiger partial charge < -0.3 is 9.72 Å². The highest BCUT2D eigenvalue weighted by molar-refractivity contribution is 5.85. The Morgan fingerprint density at radius 1 is 1.00 bits per heavy atom. The molecule has 2 heterocycles. The van der Waals surface area contributed by atoms with Crippen LogP contribution < -0.4 is 10.3 Å². The summed E-state index contributed by atoms with van der Waals surface area (Å²) in [6, 6.07) is 14.1. The molecule has 8 nitrogen and oxygen atoms in total. The fourth-order valence-electron chi connectivity index (χ4n) is 4.24. The Hall–Kier alpha value is -3.52. The molecule has 0 aliphatic carbocycles. The van der Waals surface area contributed by atoms with Crippen molar-refractivity contribution in [2.45, 2.75) is 59.8 Å². The van der Waals surface area contributed by atoms with Gasteiger partial charge in [0.05, 0.1) is 24.7 Å². The number of hydrogen-bond donors (Lipinski definition) is 1. The van der Waals surface area contributed by atoms with Crippen molar-refractivity contribution in [2.24, 2.45) is 0 Å². The predicted octanol–water partition coefficient (Wildman–Crippen LogP) is 4.10. The first kappa shape index (κ1) is 23.6. The summed E-state index contributed by atoms with van der Waals surface area (Å²) in [6.45, 7) is 11.8. The lowest BCUT2D eigenvalue weighted by molar-refractivity contribution is 0.221. The molecule has 34 heavy (non-hydrogen) atoms. The van der Waals surface area contributed by atoms with Crippen LogP contribution in [0.3, 0.4) is 0 Å². The van der Waals surface area contributed by atoms with Gasteiger partial charge in [-0.3, -0.25) is 9.69 Å². The number of aryl methyl sites for hydroxylation is 2. The highest BCUT2D eigenvalue weighted by Gasteiger charge is 2.23. The Balaban J connectivity index is 1.74. The van der Waals surface area contributed by atoms with Gasteiger partial charge in [0.1, 0.15) is 5.75 Å². The monoisotopic (exact) mass is 460 g/mol. The van der Waals surface area contributed by atoms with Crippen LogP contribution in [0.15, 0.2) is 47.3 Å². The Kier molecular flexibility index (Phi) is 6.52. The van der Waals surface area contributed by atoms with E-state index in [2.05, 4.69) is 59.2 Å². The Bertz CT molecular complexity index is 1370. The molecule has 4 aromatic rings. The van der Waals surface area contributed by atoms with Crippen molar-refractivity contribution in [3.05, 3.63) is 80.9 Å². The van der Waals surface area contributed by atoms with E-state index in [0.717, 1.165) is 39.2 Å². The number of tetrazole rings is 1. The van der Waals surface area contributed by atoms with Gasteiger partial charge in [-0.2, -0.15) is 0 Å². The second-order valence-corrected chi connectivity index (χ2v) is 9.75. The van der Waals surface area contributed by atoms with Crippen molar-refractivity contribution >= 4 is 10.9 Å². The van der Waals surface area contributed by atoms with Crippen LogP contribution in [0.2, 0.25) is 0 Å². The number of nitrogens with zero attached hydrogens (tertiary/aromatic N) is 5. The topological polar surface area (TPSA) is 88.9 Å². The Labute approximate surface area is 199 Å². The average Bonchev–Trinajstić information content (AvgIpc) is 3.26. The number of hydrogen-bond acceptors (Lipinski definition) is 6.